The quantitative estimate of drug-likeness (QED) is 0.447. The van der Waals surface area contributed by atoms with Gasteiger partial charge in [0.15, 0.2) is 0 Å². The first-order valence-electron chi connectivity index (χ1n) is 4.54. The van der Waals surface area contributed by atoms with E-state index in [9.17, 15) is 4.79 Å². The summed E-state index contributed by atoms with van der Waals surface area (Å²) in [6.07, 6.45) is 1.45. The summed E-state index contributed by atoms with van der Waals surface area (Å²) in [5, 5.41) is 0. The molecule has 0 aliphatic carbocycles. The van der Waals surface area contributed by atoms with Crippen LogP contribution < -0.4 is 4.74 Å². The van der Waals surface area contributed by atoms with Gasteiger partial charge in [0.25, 0.3) is 0 Å². The second kappa shape index (κ2) is 3.21. The highest BCUT2D eigenvalue weighted by Crippen LogP contribution is 2.26. The fourth-order valence-electron chi connectivity index (χ4n) is 1.67. The van der Waals surface area contributed by atoms with E-state index in [4.69, 9.17) is 4.74 Å². The maximum atomic E-state index is 11.2. The molecular formula is C11H12O2. The van der Waals surface area contributed by atoms with E-state index >= 15 is 0 Å². The van der Waals surface area contributed by atoms with Crippen LogP contribution in [0.25, 0.3) is 0 Å². The number of rotatable bonds is 0. The van der Waals surface area contributed by atoms with E-state index in [1.54, 1.807) is 0 Å². The molecule has 68 valence electrons. The highest BCUT2D eigenvalue weighted by molar-refractivity contribution is 5.73. The smallest absolute Gasteiger partial charge is 0.311 e. The van der Waals surface area contributed by atoms with Gasteiger partial charge in [0.1, 0.15) is 5.75 Å². The van der Waals surface area contributed by atoms with E-state index in [0.29, 0.717) is 12.3 Å². The summed E-state index contributed by atoms with van der Waals surface area (Å²) >= 11 is 0. The summed E-state index contributed by atoms with van der Waals surface area (Å²) < 4.78 is 5.19. The van der Waals surface area contributed by atoms with E-state index in [1.165, 1.54) is 0 Å². The Labute approximate surface area is 77.5 Å². The monoisotopic (exact) mass is 176 g/mol. The Kier molecular flexibility index (Phi) is 2.05. The Hall–Kier alpha value is -1.31. The zero-order chi connectivity index (χ0) is 9.26. The lowest BCUT2D eigenvalue weighted by Crippen LogP contribution is -2.09. The lowest BCUT2D eigenvalue weighted by Gasteiger charge is -2.04. The maximum Gasteiger partial charge on any atom is 0.311 e. The molecule has 13 heavy (non-hydrogen) atoms. The normalized spacial score (nSPS) is 21.6. The molecule has 0 aromatic heterocycles. The summed E-state index contributed by atoms with van der Waals surface area (Å²) in [6, 6.07) is 7.74. The highest BCUT2D eigenvalue weighted by atomic mass is 16.5. The van der Waals surface area contributed by atoms with Gasteiger partial charge in [0.2, 0.25) is 0 Å². The van der Waals surface area contributed by atoms with Crippen LogP contribution in [0, 0.1) is 5.92 Å². The number of esters is 1. The molecule has 1 heterocycles. The lowest BCUT2D eigenvalue weighted by molar-refractivity contribution is -0.134. The number of ether oxygens (including phenoxy) is 1. The standard InChI is InChI=1S/C11H12O2/c1-8-6-9-4-2-3-5-10(9)13-11(12)7-8/h2-5,8H,6-7H2,1H3. The summed E-state index contributed by atoms with van der Waals surface area (Å²) in [4.78, 5) is 11.2. The number of fused-ring (bicyclic) bond motifs is 1. The van der Waals surface area contributed by atoms with Gasteiger partial charge in [-0.15, -0.1) is 0 Å². The predicted molar refractivity (Wildman–Crippen MR) is 49.6 cm³/mol. The van der Waals surface area contributed by atoms with Gasteiger partial charge in [-0.05, 0) is 24.0 Å². The average Bonchev–Trinajstić information content (AvgIpc) is 2.20. The molecule has 1 aliphatic heterocycles. The minimum atomic E-state index is -0.113. The van der Waals surface area contributed by atoms with Gasteiger partial charge in [0, 0.05) is 6.42 Å². The zero-order valence-electron chi connectivity index (χ0n) is 7.62. The number of benzene rings is 1. The second-order valence-electron chi connectivity index (χ2n) is 3.60. The highest BCUT2D eigenvalue weighted by Gasteiger charge is 2.19. The average molecular weight is 176 g/mol. The van der Waals surface area contributed by atoms with Crippen molar-refractivity contribution in [3.8, 4) is 5.75 Å². The summed E-state index contributed by atoms with van der Waals surface area (Å²) in [6.45, 7) is 2.07. The molecule has 0 saturated carbocycles. The Morgan fingerprint density at radius 1 is 1.31 bits per heavy atom. The fourth-order valence-corrected chi connectivity index (χ4v) is 1.67. The second-order valence-corrected chi connectivity index (χ2v) is 3.60. The number of hydrogen-bond donors (Lipinski definition) is 0. The summed E-state index contributed by atoms with van der Waals surface area (Å²) in [5.74, 6) is 1.01. The number of carbonyl (C=O) groups is 1. The predicted octanol–water partition coefficient (Wildman–Crippen LogP) is 2.17. The first kappa shape index (κ1) is 8.30. The molecule has 0 saturated heterocycles. The molecular weight excluding hydrogens is 164 g/mol. The zero-order valence-corrected chi connectivity index (χ0v) is 7.62. The van der Waals surface area contributed by atoms with Crippen molar-refractivity contribution in [2.24, 2.45) is 5.92 Å². The molecule has 2 heteroatoms. The van der Waals surface area contributed by atoms with E-state index in [1.807, 2.05) is 24.3 Å². The van der Waals surface area contributed by atoms with Crippen LogP contribution >= 0.6 is 0 Å². The van der Waals surface area contributed by atoms with Crippen molar-refractivity contribution < 1.29 is 9.53 Å². The van der Waals surface area contributed by atoms with Gasteiger partial charge in [-0.2, -0.15) is 0 Å². The fraction of sp³-hybridized carbons (Fsp3) is 0.364. The van der Waals surface area contributed by atoms with Crippen LogP contribution in [0.4, 0.5) is 0 Å². The van der Waals surface area contributed by atoms with Crippen LogP contribution in [0.15, 0.2) is 24.3 Å². The third-order valence-corrected chi connectivity index (χ3v) is 2.28. The van der Waals surface area contributed by atoms with Crippen molar-refractivity contribution in [1.29, 1.82) is 0 Å². The van der Waals surface area contributed by atoms with Crippen molar-refractivity contribution in [2.45, 2.75) is 19.8 Å². The Morgan fingerprint density at radius 2 is 2.08 bits per heavy atom. The molecule has 1 aromatic carbocycles. The van der Waals surface area contributed by atoms with Crippen molar-refractivity contribution in [3.63, 3.8) is 0 Å². The van der Waals surface area contributed by atoms with Crippen LogP contribution in [-0.2, 0) is 11.2 Å². The molecule has 0 fully saturated rings. The third-order valence-electron chi connectivity index (χ3n) is 2.28. The first-order valence-corrected chi connectivity index (χ1v) is 4.54. The molecule has 2 nitrogen and oxygen atoms in total. The summed E-state index contributed by atoms with van der Waals surface area (Å²) in [5.41, 5.74) is 1.14. The van der Waals surface area contributed by atoms with Crippen molar-refractivity contribution in [1.82, 2.24) is 0 Å². The van der Waals surface area contributed by atoms with Crippen LogP contribution in [0.3, 0.4) is 0 Å². The van der Waals surface area contributed by atoms with Crippen molar-refractivity contribution in [2.75, 3.05) is 0 Å². The lowest BCUT2D eigenvalue weighted by atomic mass is 9.99. The van der Waals surface area contributed by atoms with Crippen LogP contribution in [-0.4, -0.2) is 5.97 Å². The van der Waals surface area contributed by atoms with Crippen LogP contribution in [0.2, 0.25) is 0 Å². The first-order chi connectivity index (χ1) is 6.25. The number of carbonyl (C=O) groups excluding carboxylic acids is 1. The maximum absolute atomic E-state index is 11.2. The van der Waals surface area contributed by atoms with Gasteiger partial charge < -0.3 is 4.74 Å². The topological polar surface area (TPSA) is 26.3 Å². The minimum Gasteiger partial charge on any atom is -0.426 e. The molecule has 0 spiro atoms. The molecule has 0 amide bonds. The van der Waals surface area contributed by atoms with Gasteiger partial charge in [-0.1, -0.05) is 25.1 Å². The Morgan fingerprint density at radius 3 is 2.92 bits per heavy atom. The SMILES string of the molecule is CC1CC(=O)Oc2ccccc2C1. The number of hydrogen-bond acceptors (Lipinski definition) is 2. The van der Waals surface area contributed by atoms with Gasteiger partial charge in [-0.3, -0.25) is 4.79 Å². The van der Waals surface area contributed by atoms with Crippen LogP contribution in [0.5, 0.6) is 5.75 Å². The molecule has 1 aromatic rings. The molecule has 2 rings (SSSR count). The Balaban J connectivity index is 2.38. The van der Waals surface area contributed by atoms with E-state index < -0.39 is 0 Å². The Bertz CT molecular complexity index is 331. The van der Waals surface area contributed by atoms with E-state index in [-0.39, 0.29) is 5.97 Å². The molecule has 0 radical (unpaired) electrons. The van der Waals surface area contributed by atoms with Gasteiger partial charge >= 0.3 is 5.97 Å². The summed E-state index contributed by atoms with van der Waals surface area (Å²) in [7, 11) is 0. The molecule has 0 N–H and O–H groups in total. The third kappa shape index (κ3) is 1.72. The van der Waals surface area contributed by atoms with E-state index in [2.05, 4.69) is 6.92 Å². The van der Waals surface area contributed by atoms with Gasteiger partial charge in [-0.25, -0.2) is 0 Å². The van der Waals surface area contributed by atoms with Crippen LogP contribution in [0.1, 0.15) is 18.9 Å². The van der Waals surface area contributed by atoms with Gasteiger partial charge in [0.05, 0.1) is 0 Å². The van der Waals surface area contributed by atoms with Crippen molar-refractivity contribution >= 4 is 5.97 Å². The largest absolute Gasteiger partial charge is 0.426 e. The molecule has 0 bridgehead atoms. The van der Waals surface area contributed by atoms with E-state index in [0.717, 1.165) is 17.7 Å². The molecule has 1 atom stereocenters. The molecule has 1 unspecified atom stereocenters. The minimum absolute atomic E-state index is 0.113. The van der Waals surface area contributed by atoms with Crippen molar-refractivity contribution in [3.05, 3.63) is 29.8 Å². The molecule has 1 aliphatic rings. The number of para-hydroxylation sites is 1.